The molecule has 0 radical (unpaired) electrons. The number of hydrogen-bond donors (Lipinski definition) is 1. The molecule has 0 spiro atoms. The summed E-state index contributed by atoms with van der Waals surface area (Å²) in [5.41, 5.74) is 0. The molecule has 0 fully saturated rings. The number of hydrogen-bond acceptors (Lipinski definition) is 4. The van der Waals surface area contributed by atoms with Crippen LogP contribution in [0.1, 0.15) is 0 Å². The van der Waals surface area contributed by atoms with Gasteiger partial charge in [0.2, 0.25) is 0 Å². The molecule has 0 aromatic carbocycles. The monoisotopic (exact) mass is 232 g/mol. The van der Waals surface area contributed by atoms with Gasteiger partial charge in [-0.2, -0.15) is 0 Å². The fourth-order valence-corrected chi connectivity index (χ4v) is 0.529. The second-order valence-electron chi connectivity index (χ2n) is 1.63. The molecule has 1 unspecified atom stereocenters. The van der Waals surface area contributed by atoms with Crippen molar-refractivity contribution in [3.05, 3.63) is 24.5 Å². The zero-order valence-corrected chi connectivity index (χ0v) is 8.36. The van der Waals surface area contributed by atoms with Crippen LogP contribution in [0.2, 0.25) is 0 Å². The third-order valence-corrected chi connectivity index (χ3v) is 0.949. The van der Waals surface area contributed by atoms with Crippen molar-refractivity contribution in [3.63, 3.8) is 0 Å². The van der Waals surface area contributed by atoms with Gasteiger partial charge in [-0.1, -0.05) is 6.08 Å². The molecule has 5 heteroatoms. The van der Waals surface area contributed by atoms with E-state index in [0.717, 1.165) is 0 Å². The maximum absolute atomic E-state index is 8.48. The number of allylic oxidation sites excluding steroid dienone is 2. The van der Waals surface area contributed by atoms with Gasteiger partial charge in [-0.05, 0) is 12.2 Å². The molecule has 1 atom stereocenters. The molecule has 2 nitrogen and oxygen atoms in total. The van der Waals surface area contributed by atoms with Crippen molar-refractivity contribution < 1.29 is 21.5 Å². The first kappa shape index (κ1) is 11.2. The van der Waals surface area contributed by atoms with E-state index >= 15 is 0 Å². The SMILES string of the molecule is OCC1C=CC=CO1.[S]=[Fe]=[S]. The Balaban J connectivity index is 0.000000292. The van der Waals surface area contributed by atoms with Crippen molar-refractivity contribution in [2.24, 2.45) is 0 Å². The summed E-state index contributed by atoms with van der Waals surface area (Å²) in [6.07, 6.45) is 6.89. The average Bonchev–Trinajstić information content (AvgIpc) is 2.08. The van der Waals surface area contributed by atoms with Crippen molar-refractivity contribution in [1.29, 1.82) is 0 Å². The molecule has 1 aliphatic heterocycles. The molecule has 0 saturated heterocycles. The van der Waals surface area contributed by atoms with Gasteiger partial charge in [0.1, 0.15) is 6.10 Å². The van der Waals surface area contributed by atoms with Crippen molar-refractivity contribution in [3.8, 4) is 0 Å². The molecule has 0 aromatic heterocycles. The van der Waals surface area contributed by atoms with E-state index < -0.39 is 0 Å². The van der Waals surface area contributed by atoms with Crippen LogP contribution in [0.5, 0.6) is 0 Å². The van der Waals surface area contributed by atoms with E-state index in [9.17, 15) is 0 Å². The number of aliphatic hydroxyl groups excluding tert-OH is 1. The summed E-state index contributed by atoms with van der Waals surface area (Å²) >= 11 is 0.417. The first-order chi connectivity index (χ1) is 5.35. The number of rotatable bonds is 1. The predicted molar refractivity (Wildman–Crippen MR) is 45.4 cm³/mol. The van der Waals surface area contributed by atoms with Gasteiger partial charge in [-0.3, -0.25) is 0 Å². The van der Waals surface area contributed by atoms with Gasteiger partial charge in [-0.25, -0.2) is 0 Å². The zero-order valence-electron chi connectivity index (χ0n) is 5.62. The Morgan fingerprint density at radius 3 is 2.36 bits per heavy atom. The Bertz CT molecular complexity index is 185. The molecule has 0 saturated carbocycles. The van der Waals surface area contributed by atoms with Crippen LogP contribution in [0.25, 0.3) is 0 Å². The number of ether oxygens (including phenoxy) is 1. The zero-order chi connectivity index (χ0) is 8.53. The summed E-state index contributed by atoms with van der Waals surface area (Å²) in [7, 11) is 8.42. The second-order valence-corrected chi connectivity index (χ2v) is 3.76. The Morgan fingerprint density at radius 1 is 1.45 bits per heavy atom. The molecule has 0 aliphatic carbocycles. The summed E-state index contributed by atoms with van der Waals surface area (Å²) in [6, 6.07) is 0. The molecule has 0 bridgehead atoms. The van der Waals surface area contributed by atoms with E-state index in [-0.39, 0.29) is 12.7 Å². The standard InChI is InChI=1S/C6H8O2.Fe.2S/c7-5-6-3-1-2-4-8-6;;;/h1-4,6-7H,5H2;;;. The second kappa shape index (κ2) is 8.30. The van der Waals surface area contributed by atoms with Gasteiger partial charge < -0.3 is 9.84 Å². The van der Waals surface area contributed by atoms with Crippen molar-refractivity contribution >= 4 is 21.1 Å². The third kappa shape index (κ3) is 6.59. The van der Waals surface area contributed by atoms with Gasteiger partial charge in [0.05, 0.1) is 12.9 Å². The van der Waals surface area contributed by atoms with Crippen LogP contribution in [0.4, 0.5) is 0 Å². The summed E-state index contributed by atoms with van der Waals surface area (Å²) in [6.45, 7) is 0.0564. The fourth-order valence-electron chi connectivity index (χ4n) is 0.529. The maximum atomic E-state index is 8.48. The molecule has 1 rings (SSSR count). The number of aliphatic hydroxyl groups is 1. The van der Waals surface area contributed by atoms with Crippen LogP contribution in [-0.4, -0.2) is 17.8 Å². The van der Waals surface area contributed by atoms with Crippen molar-refractivity contribution in [2.45, 2.75) is 6.10 Å². The third-order valence-electron chi connectivity index (χ3n) is 0.949. The Morgan fingerprint density at radius 2 is 2.09 bits per heavy atom. The quantitative estimate of drug-likeness (QED) is 0.697. The predicted octanol–water partition coefficient (Wildman–Crippen LogP) is 1.74. The van der Waals surface area contributed by atoms with Gasteiger partial charge in [0.25, 0.3) is 0 Å². The molecular weight excluding hydrogens is 224 g/mol. The molecule has 1 heterocycles. The summed E-state index contributed by atoms with van der Waals surface area (Å²) < 4.78 is 4.91. The first-order valence-electron chi connectivity index (χ1n) is 2.82. The van der Waals surface area contributed by atoms with Crippen LogP contribution < -0.4 is 0 Å². The van der Waals surface area contributed by atoms with E-state index in [0.29, 0.717) is 11.7 Å². The van der Waals surface area contributed by atoms with Crippen LogP contribution in [0.15, 0.2) is 24.5 Å². The normalized spacial score (nSPS) is 19.9. The van der Waals surface area contributed by atoms with Gasteiger partial charge in [0.15, 0.2) is 0 Å². The topological polar surface area (TPSA) is 29.5 Å². The van der Waals surface area contributed by atoms with E-state index in [2.05, 4.69) is 21.1 Å². The van der Waals surface area contributed by atoms with Gasteiger partial charge in [-0.15, -0.1) is 0 Å². The minimum absolute atomic E-state index is 0.0564. The summed E-state index contributed by atoms with van der Waals surface area (Å²) in [5, 5.41) is 8.48. The van der Waals surface area contributed by atoms with Crippen molar-refractivity contribution in [2.75, 3.05) is 6.61 Å². The van der Waals surface area contributed by atoms with Crippen LogP contribution in [-0.2, 0) is 16.4 Å². The molecular formula is C6H8FeO2S2. The Kier molecular flexibility index (Phi) is 8.45. The minimum atomic E-state index is -0.125. The molecule has 1 N–H and O–H groups in total. The molecule has 1 aliphatic rings. The average molecular weight is 232 g/mol. The van der Waals surface area contributed by atoms with Crippen LogP contribution >= 0.6 is 21.1 Å². The van der Waals surface area contributed by atoms with Gasteiger partial charge in [0, 0.05) is 0 Å². The Hall–Kier alpha value is 0.199. The first-order valence-corrected chi connectivity index (χ1v) is 6.10. The molecule has 0 amide bonds. The summed E-state index contributed by atoms with van der Waals surface area (Å²) in [5.74, 6) is 0. The molecule has 64 valence electrons. The molecule has 0 aromatic rings. The van der Waals surface area contributed by atoms with Crippen LogP contribution in [0.3, 0.4) is 0 Å². The Labute approximate surface area is 79.8 Å². The van der Waals surface area contributed by atoms with Gasteiger partial charge >= 0.3 is 32.8 Å². The fraction of sp³-hybridized carbons (Fsp3) is 0.333. The van der Waals surface area contributed by atoms with Crippen molar-refractivity contribution in [1.82, 2.24) is 0 Å². The van der Waals surface area contributed by atoms with E-state index in [4.69, 9.17) is 9.84 Å². The summed E-state index contributed by atoms with van der Waals surface area (Å²) in [4.78, 5) is 0. The van der Waals surface area contributed by atoms with E-state index in [1.807, 2.05) is 6.08 Å². The van der Waals surface area contributed by atoms with E-state index in [1.54, 1.807) is 18.4 Å². The van der Waals surface area contributed by atoms with E-state index in [1.165, 1.54) is 0 Å². The molecule has 11 heavy (non-hydrogen) atoms. The van der Waals surface area contributed by atoms with Crippen LogP contribution in [0, 0.1) is 0 Å².